The Labute approximate surface area is 137 Å². The summed E-state index contributed by atoms with van der Waals surface area (Å²) in [4.78, 5) is 12.2. The molecule has 1 atom stereocenters. The van der Waals surface area contributed by atoms with Crippen molar-refractivity contribution in [2.75, 3.05) is 6.54 Å². The Morgan fingerprint density at radius 1 is 1.05 bits per heavy atom. The SMILES string of the molecule is Cl.O=C(NCCc1ccccc1)C1Cc2ccccc2CN1. The molecule has 4 heteroatoms. The van der Waals surface area contributed by atoms with Gasteiger partial charge < -0.3 is 10.6 Å². The third-order valence-corrected chi connectivity index (χ3v) is 3.95. The molecule has 0 aromatic heterocycles. The topological polar surface area (TPSA) is 41.1 Å². The number of halogens is 1. The Hall–Kier alpha value is -1.84. The average molecular weight is 317 g/mol. The molecule has 2 N–H and O–H groups in total. The van der Waals surface area contributed by atoms with Crippen LogP contribution in [0.1, 0.15) is 16.7 Å². The first-order valence-corrected chi connectivity index (χ1v) is 7.45. The van der Waals surface area contributed by atoms with Gasteiger partial charge >= 0.3 is 0 Å². The van der Waals surface area contributed by atoms with Crippen LogP contribution in [-0.4, -0.2) is 18.5 Å². The number of hydrogen-bond donors (Lipinski definition) is 2. The normalized spacial score (nSPS) is 16.3. The number of fused-ring (bicyclic) bond motifs is 1. The molecule has 0 radical (unpaired) electrons. The van der Waals surface area contributed by atoms with E-state index in [1.807, 2.05) is 30.3 Å². The Balaban J connectivity index is 0.00000176. The molecule has 0 saturated heterocycles. The zero-order valence-electron chi connectivity index (χ0n) is 12.4. The van der Waals surface area contributed by atoms with E-state index in [0.29, 0.717) is 6.54 Å². The van der Waals surface area contributed by atoms with Gasteiger partial charge in [-0.1, -0.05) is 54.6 Å². The minimum Gasteiger partial charge on any atom is -0.354 e. The Morgan fingerprint density at radius 2 is 1.73 bits per heavy atom. The van der Waals surface area contributed by atoms with Gasteiger partial charge in [0.1, 0.15) is 0 Å². The molecule has 2 aromatic carbocycles. The Bertz CT molecular complexity index is 615. The highest BCUT2D eigenvalue weighted by Crippen LogP contribution is 2.16. The zero-order valence-corrected chi connectivity index (χ0v) is 13.2. The summed E-state index contributed by atoms with van der Waals surface area (Å²) in [5.74, 6) is 0.0976. The van der Waals surface area contributed by atoms with Gasteiger partial charge in [-0.3, -0.25) is 4.79 Å². The molecule has 1 heterocycles. The van der Waals surface area contributed by atoms with Gasteiger partial charge in [0.2, 0.25) is 5.91 Å². The molecule has 0 bridgehead atoms. The molecule has 0 aliphatic carbocycles. The van der Waals surface area contributed by atoms with Gasteiger partial charge in [0, 0.05) is 13.1 Å². The number of rotatable bonds is 4. The van der Waals surface area contributed by atoms with Crippen LogP contribution in [0.3, 0.4) is 0 Å². The number of benzene rings is 2. The van der Waals surface area contributed by atoms with Crippen LogP contribution >= 0.6 is 12.4 Å². The van der Waals surface area contributed by atoms with Crippen molar-refractivity contribution < 1.29 is 4.79 Å². The molecule has 0 fully saturated rings. The first-order chi connectivity index (χ1) is 10.3. The summed E-state index contributed by atoms with van der Waals surface area (Å²) in [5.41, 5.74) is 3.82. The lowest BCUT2D eigenvalue weighted by molar-refractivity contribution is -0.123. The largest absolute Gasteiger partial charge is 0.354 e. The lowest BCUT2D eigenvalue weighted by Crippen LogP contribution is -2.48. The second-order valence-corrected chi connectivity index (χ2v) is 5.43. The highest BCUT2D eigenvalue weighted by molar-refractivity contribution is 5.85. The quantitative estimate of drug-likeness (QED) is 0.910. The summed E-state index contributed by atoms with van der Waals surface area (Å²) in [6.45, 7) is 1.45. The molecule has 3 rings (SSSR count). The number of amides is 1. The van der Waals surface area contributed by atoms with Crippen LogP contribution in [-0.2, 0) is 24.2 Å². The van der Waals surface area contributed by atoms with Gasteiger partial charge in [0.15, 0.2) is 0 Å². The summed E-state index contributed by atoms with van der Waals surface area (Å²) in [6.07, 6.45) is 1.64. The lowest BCUT2D eigenvalue weighted by Gasteiger charge is -2.25. The third-order valence-electron chi connectivity index (χ3n) is 3.95. The predicted octanol–water partition coefficient (Wildman–Crippen LogP) is 2.48. The number of carbonyl (C=O) groups excluding carboxylic acids is 1. The second-order valence-electron chi connectivity index (χ2n) is 5.43. The lowest BCUT2D eigenvalue weighted by atomic mass is 9.95. The van der Waals surface area contributed by atoms with E-state index < -0.39 is 0 Å². The van der Waals surface area contributed by atoms with E-state index in [1.165, 1.54) is 16.7 Å². The van der Waals surface area contributed by atoms with Crippen LogP contribution in [0.15, 0.2) is 54.6 Å². The number of carbonyl (C=O) groups is 1. The van der Waals surface area contributed by atoms with Crippen molar-refractivity contribution in [2.24, 2.45) is 0 Å². The number of nitrogens with one attached hydrogen (secondary N) is 2. The Morgan fingerprint density at radius 3 is 2.50 bits per heavy atom. The number of hydrogen-bond acceptors (Lipinski definition) is 2. The molecular formula is C18H21ClN2O. The summed E-state index contributed by atoms with van der Waals surface area (Å²) < 4.78 is 0. The van der Waals surface area contributed by atoms with Crippen molar-refractivity contribution in [1.82, 2.24) is 10.6 Å². The molecule has 1 unspecified atom stereocenters. The first-order valence-electron chi connectivity index (χ1n) is 7.45. The van der Waals surface area contributed by atoms with E-state index in [-0.39, 0.29) is 24.4 Å². The fourth-order valence-electron chi connectivity index (χ4n) is 2.74. The van der Waals surface area contributed by atoms with Crippen molar-refractivity contribution in [3.8, 4) is 0 Å². The minimum atomic E-state index is -0.115. The van der Waals surface area contributed by atoms with E-state index in [2.05, 4.69) is 34.9 Å². The highest BCUT2D eigenvalue weighted by Gasteiger charge is 2.23. The molecule has 22 heavy (non-hydrogen) atoms. The van der Waals surface area contributed by atoms with Crippen LogP contribution in [0, 0.1) is 0 Å². The summed E-state index contributed by atoms with van der Waals surface area (Å²) in [5, 5.41) is 6.34. The van der Waals surface area contributed by atoms with Crippen LogP contribution < -0.4 is 10.6 Å². The molecule has 0 spiro atoms. The molecular weight excluding hydrogens is 296 g/mol. The fourth-order valence-corrected chi connectivity index (χ4v) is 2.74. The third kappa shape index (κ3) is 4.09. The van der Waals surface area contributed by atoms with Gasteiger partial charge in [-0.15, -0.1) is 12.4 Å². The monoisotopic (exact) mass is 316 g/mol. The van der Waals surface area contributed by atoms with E-state index in [0.717, 1.165) is 19.4 Å². The van der Waals surface area contributed by atoms with Gasteiger partial charge in [0.25, 0.3) is 0 Å². The van der Waals surface area contributed by atoms with Crippen molar-refractivity contribution in [2.45, 2.75) is 25.4 Å². The maximum absolute atomic E-state index is 12.2. The van der Waals surface area contributed by atoms with E-state index >= 15 is 0 Å². The summed E-state index contributed by atoms with van der Waals surface area (Å²) >= 11 is 0. The van der Waals surface area contributed by atoms with Crippen molar-refractivity contribution in [3.63, 3.8) is 0 Å². The standard InChI is InChI=1S/C18H20N2O.ClH/c21-18(19-11-10-14-6-2-1-3-7-14)17-12-15-8-4-5-9-16(15)13-20-17;/h1-9,17,20H,10-13H2,(H,19,21);1H. The molecule has 1 aliphatic rings. The van der Waals surface area contributed by atoms with Gasteiger partial charge in [-0.2, -0.15) is 0 Å². The molecule has 1 aliphatic heterocycles. The maximum atomic E-state index is 12.2. The molecule has 116 valence electrons. The fraction of sp³-hybridized carbons (Fsp3) is 0.278. The van der Waals surface area contributed by atoms with E-state index in [4.69, 9.17) is 0 Å². The highest BCUT2D eigenvalue weighted by atomic mass is 35.5. The molecule has 0 saturated carbocycles. The van der Waals surface area contributed by atoms with Crippen LogP contribution in [0.5, 0.6) is 0 Å². The van der Waals surface area contributed by atoms with Crippen LogP contribution in [0.2, 0.25) is 0 Å². The minimum absolute atomic E-state index is 0. The van der Waals surface area contributed by atoms with Crippen LogP contribution in [0.25, 0.3) is 0 Å². The van der Waals surface area contributed by atoms with Crippen molar-refractivity contribution >= 4 is 18.3 Å². The van der Waals surface area contributed by atoms with Gasteiger partial charge in [-0.25, -0.2) is 0 Å². The second kappa shape index (κ2) is 7.97. The van der Waals surface area contributed by atoms with Crippen molar-refractivity contribution in [3.05, 3.63) is 71.3 Å². The van der Waals surface area contributed by atoms with E-state index in [1.54, 1.807) is 0 Å². The summed E-state index contributed by atoms with van der Waals surface area (Å²) in [7, 11) is 0. The predicted molar refractivity (Wildman–Crippen MR) is 91.2 cm³/mol. The van der Waals surface area contributed by atoms with Gasteiger partial charge in [0.05, 0.1) is 6.04 Å². The molecule has 1 amide bonds. The van der Waals surface area contributed by atoms with Gasteiger partial charge in [-0.05, 0) is 29.5 Å². The van der Waals surface area contributed by atoms with E-state index in [9.17, 15) is 4.79 Å². The summed E-state index contributed by atoms with van der Waals surface area (Å²) in [6, 6.07) is 18.4. The van der Waals surface area contributed by atoms with Crippen molar-refractivity contribution in [1.29, 1.82) is 0 Å². The molecule has 3 nitrogen and oxygen atoms in total. The average Bonchev–Trinajstić information content (AvgIpc) is 2.55. The zero-order chi connectivity index (χ0) is 14.5. The van der Waals surface area contributed by atoms with Crippen LogP contribution in [0.4, 0.5) is 0 Å². The smallest absolute Gasteiger partial charge is 0.237 e. The first kappa shape index (κ1) is 16.5. The maximum Gasteiger partial charge on any atom is 0.237 e. The molecule has 2 aromatic rings. The Kier molecular flexibility index (Phi) is 5.99.